The van der Waals surface area contributed by atoms with Crippen LogP contribution in [0.25, 0.3) is 0 Å². The molecule has 0 fully saturated rings. The zero-order valence-corrected chi connectivity index (χ0v) is 16.1. The molecule has 2 amide bonds. The normalized spacial score (nSPS) is 10.6. The lowest BCUT2D eigenvalue weighted by atomic mass is 10.2. The Morgan fingerprint density at radius 1 is 1.00 bits per heavy atom. The first-order valence-electron chi connectivity index (χ1n) is 7.97. The van der Waals surface area contributed by atoms with E-state index in [9.17, 15) is 9.59 Å². The second-order valence-electron chi connectivity index (χ2n) is 5.53. The van der Waals surface area contributed by atoms with Crippen molar-refractivity contribution in [1.82, 2.24) is 5.32 Å². The molecule has 0 aliphatic rings. The number of anilines is 1. The average molecular weight is 386 g/mol. The predicted molar refractivity (Wildman–Crippen MR) is 89.8 cm³/mol. The van der Waals surface area contributed by atoms with Crippen molar-refractivity contribution in [2.75, 3.05) is 38.0 Å². The Bertz CT molecular complexity index is 491. The topological polar surface area (TPSA) is 58.2 Å². The molecule has 0 aliphatic carbocycles. The number of nitrogens with one attached hydrogen (secondary N) is 2. The number of likely N-dealkylation sites (N-methyl/N-ethyl adjacent to an activating group) is 1. The van der Waals surface area contributed by atoms with Gasteiger partial charge in [0.1, 0.15) is 0 Å². The lowest BCUT2D eigenvalue weighted by Crippen LogP contribution is -3.00. The molecule has 5 nitrogen and oxygen atoms in total. The van der Waals surface area contributed by atoms with Crippen LogP contribution in [0.1, 0.15) is 38.1 Å². The van der Waals surface area contributed by atoms with Crippen molar-refractivity contribution in [2.45, 2.75) is 27.7 Å². The summed E-state index contributed by atoms with van der Waals surface area (Å²) in [6.45, 7) is 12.9. The van der Waals surface area contributed by atoms with Gasteiger partial charge in [-0.25, -0.2) is 0 Å². The van der Waals surface area contributed by atoms with E-state index < -0.39 is 0 Å². The second-order valence-corrected chi connectivity index (χ2v) is 5.53. The SMILES string of the molecule is CC[N+](CC)(CC)CCNC(=O)c1ccc(NC(C)=O)cc1.[Br-]. The number of carbonyl (C=O) groups excluding carboxylic acids is 2. The highest BCUT2D eigenvalue weighted by molar-refractivity contribution is 5.95. The van der Waals surface area contributed by atoms with Gasteiger partial charge >= 0.3 is 0 Å². The van der Waals surface area contributed by atoms with Gasteiger partial charge in [-0.1, -0.05) is 0 Å². The number of amides is 2. The van der Waals surface area contributed by atoms with Crippen LogP contribution in [0.15, 0.2) is 24.3 Å². The number of benzene rings is 1. The fourth-order valence-electron chi connectivity index (χ4n) is 2.56. The van der Waals surface area contributed by atoms with Gasteiger partial charge in [-0.15, -0.1) is 0 Å². The molecule has 0 bridgehead atoms. The van der Waals surface area contributed by atoms with E-state index in [1.54, 1.807) is 24.3 Å². The summed E-state index contributed by atoms with van der Waals surface area (Å²) in [5, 5.41) is 5.66. The molecule has 1 aromatic carbocycles. The third-order valence-electron chi connectivity index (χ3n) is 4.35. The maximum absolute atomic E-state index is 12.1. The van der Waals surface area contributed by atoms with E-state index in [0.29, 0.717) is 17.8 Å². The van der Waals surface area contributed by atoms with E-state index in [4.69, 9.17) is 0 Å². The minimum Gasteiger partial charge on any atom is -1.00 e. The van der Waals surface area contributed by atoms with Crippen molar-refractivity contribution in [3.63, 3.8) is 0 Å². The minimum absolute atomic E-state index is 0. The Morgan fingerprint density at radius 2 is 1.52 bits per heavy atom. The van der Waals surface area contributed by atoms with Crippen molar-refractivity contribution in [3.8, 4) is 0 Å². The second kappa shape index (κ2) is 10.4. The van der Waals surface area contributed by atoms with E-state index in [-0.39, 0.29) is 28.8 Å². The number of nitrogens with zero attached hydrogens (tertiary/aromatic N) is 1. The molecule has 0 spiro atoms. The molecule has 1 rings (SSSR count). The van der Waals surface area contributed by atoms with Crippen LogP contribution in [0.5, 0.6) is 0 Å². The molecule has 0 radical (unpaired) electrons. The van der Waals surface area contributed by atoms with Gasteiger partial charge in [0.05, 0.1) is 32.7 Å². The molecule has 23 heavy (non-hydrogen) atoms. The lowest BCUT2D eigenvalue weighted by molar-refractivity contribution is -0.922. The van der Waals surface area contributed by atoms with Crippen LogP contribution in [0, 0.1) is 0 Å². The summed E-state index contributed by atoms with van der Waals surface area (Å²) < 4.78 is 1.02. The number of hydrogen-bond donors (Lipinski definition) is 2. The first kappa shape index (κ1) is 21.6. The number of halogens is 1. The van der Waals surface area contributed by atoms with Crippen molar-refractivity contribution < 1.29 is 31.1 Å². The summed E-state index contributed by atoms with van der Waals surface area (Å²) in [6.07, 6.45) is 0. The van der Waals surface area contributed by atoms with Gasteiger partial charge < -0.3 is 32.1 Å². The monoisotopic (exact) mass is 385 g/mol. The summed E-state index contributed by atoms with van der Waals surface area (Å²) in [5.74, 6) is -0.194. The molecule has 0 aliphatic heterocycles. The zero-order chi connectivity index (χ0) is 16.6. The largest absolute Gasteiger partial charge is 1.00 e. The van der Waals surface area contributed by atoms with Gasteiger partial charge in [-0.05, 0) is 45.0 Å². The summed E-state index contributed by atoms with van der Waals surface area (Å²) in [4.78, 5) is 23.1. The zero-order valence-electron chi connectivity index (χ0n) is 14.5. The Balaban J connectivity index is 0.00000484. The van der Waals surface area contributed by atoms with Crippen LogP contribution in [-0.4, -0.2) is 49.0 Å². The van der Waals surface area contributed by atoms with Crippen molar-refractivity contribution in [3.05, 3.63) is 29.8 Å². The highest BCUT2D eigenvalue weighted by Gasteiger charge is 2.20. The number of rotatable bonds is 8. The first-order valence-corrected chi connectivity index (χ1v) is 7.97. The Hall–Kier alpha value is -1.40. The highest BCUT2D eigenvalue weighted by atomic mass is 79.9. The van der Waals surface area contributed by atoms with Gasteiger partial charge in [0.25, 0.3) is 5.91 Å². The predicted octanol–water partition coefficient (Wildman–Crippen LogP) is -0.745. The first-order chi connectivity index (χ1) is 10.5. The molecule has 130 valence electrons. The molecule has 0 unspecified atom stereocenters. The van der Waals surface area contributed by atoms with Gasteiger partial charge in [0.15, 0.2) is 0 Å². The number of hydrogen-bond acceptors (Lipinski definition) is 2. The van der Waals surface area contributed by atoms with E-state index in [1.165, 1.54) is 6.92 Å². The molecule has 0 heterocycles. The fraction of sp³-hybridized carbons (Fsp3) is 0.529. The van der Waals surface area contributed by atoms with Crippen molar-refractivity contribution >= 4 is 17.5 Å². The summed E-state index contributed by atoms with van der Waals surface area (Å²) >= 11 is 0. The van der Waals surface area contributed by atoms with Gasteiger partial charge in [0.2, 0.25) is 5.91 Å². The fourth-order valence-corrected chi connectivity index (χ4v) is 2.56. The van der Waals surface area contributed by atoms with Crippen LogP contribution in [0.2, 0.25) is 0 Å². The van der Waals surface area contributed by atoms with Gasteiger partial charge in [-0.2, -0.15) is 0 Å². The van der Waals surface area contributed by atoms with Crippen LogP contribution < -0.4 is 27.6 Å². The average Bonchev–Trinajstić information content (AvgIpc) is 2.52. The highest BCUT2D eigenvalue weighted by Crippen LogP contribution is 2.09. The maximum atomic E-state index is 12.1. The van der Waals surface area contributed by atoms with Crippen molar-refractivity contribution in [2.24, 2.45) is 0 Å². The molecule has 6 heteroatoms. The minimum atomic E-state index is -0.120. The Labute approximate surface area is 149 Å². The summed E-state index contributed by atoms with van der Waals surface area (Å²) in [7, 11) is 0. The van der Waals surface area contributed by atoms with Crippen LogP contribution >= 0.6 is 0 Å². The number of carbonyl (C=O) groups is 2. The quantitative estimate of drug-likeness (QED) is 0.578. The smallest absolute Gasteiger partial charge is 0.251 e. The van der Waals surface area contributed by atoms with E-state index in [1.807, 2.05) is 0 Å². The van der Waals surface area contributed by atoms with Gasteiger partial charge in [0, 0.05) is 18.2 Å². The van der Waals surface area contributed by atoms with Crippen LogP contribution in [-0.2, 0) is 4.79 Å². The molecule has 0 saturated heterocycles. The van der Waals surface area contributed by atoms with Crippen LogP contribution in [0.3, 0.4) is 0 Å². The van der Waals surface area contributed by atoms with Crippen LogP contribution in [0.4, 0.5) is 5.69 Å². The maximum Gasteiger partial charge on any atom is 0.251 e. The third kappa shape index (κ3) is 6.71. The molecule has 0 atom stereocenters. The summed E-state index contributed by atoms with van der Waals surface area (Å²) in [5.41, 5.74) is 1.30. The molecule has 0 saturated carbocycles. The molecule has 1 aromatic rings. The third-order valence-corrected chi connectivity index (χ3v) is 4.35. The lowest BCUT2D eigenvalue weighted by Gasteiger charge is -2.35. The number of quaternary nitrogens is 1. The van der Waals surface area contributed by atoms with E-state index in [2.05, 4.69) is 31.4 Å². The Morgan fingerprint density at radius 3 is 1.96 bits per heavy atom. The standard InChI is InChI=1S/C17H27N3O2.BrH/c1-5-20(6-2,7-3)13-12-18-17(22)15-8-10-16(11-9-15)19-14(4)21;/h8-11H,5-7,12-13H2,1-4H3,(H-,18,19,21,22);1H. The molecule has 2 N–H and O–H groups in total. The van der Waals surface area contributed by atoms with Crippen molar-refractivity contribution in [1.29, 1.82) is 0 Å². The van der Waals surface area contributed by atoms with Gasteiger partial charge in [-0.3, -0.25) is 9.59 Å². The van der Waals surface area contributed by atoms with E-state index >= 15 is 0 Å². The molecular formula is C17H28BrN3O2. The summed E-state index contributed by atoms with van der Waals surface area (Å²) in [6, 6.07) is 6.92. The van der Waals surface area contributed by atoms with E-state index in [0.717, 1.165) is 30.7 Å². The Kier molecular flexibility index (Phi) is 9.76. The molecule has 0 aromatic heterocycles. The molecular weight excluding hydrogens is 358 g/mol.